The number of nitrogens with two attached hydrogens (primary N) is 1. The summed E-state index contributed by atoms with van der Waals surface area (Å²) >= 11 is 0. The molecule has 1 saturated carbocycles. The van der Waals surface area contributed by atoms with E-state index in [0.29, 0.717) is 38.9 Å². The Balaban J connectivity index is 1.60. The Morgan fingerprint density at radius 3 is 2.41 bits per heavy atom. The molecule has 41 heavy (non-hydrogen) atoms. The minimum absolute atomic E-state index is 0.0530. The first kappa shape index (κ1) is 27.7. The molecule has 12 heteroatoms. The van der Waals surface area contributed by atoms with Crippen molar-refractivity contribution in [2.75, 3.05) is 18.2 Å². The van der Waals surface area contributed by atoms with Crippen LogP contribution >= 0.6 is 0 Å². The van der Waals surface area contributed by atoms with Crippen LogP contribution in [-0.4, -0.2) is 35.8 Å². The summed E-state index contributed by atoms with van der Waals surface area (Å²) in [6.45, 7) is 4.78. The van der Waals surface area contributed by atoms with Gasteiger partial charge in [-0.25, -0.2) is 4.39 Å². The van der Waals surface area contributed by atoms with E-state index in [9.17, 15) is 27.2 Å². The lowest BCUT2D eigenvalue weighted by Gasteiger charge is -2.21. The van der Waals surface area contributed by atoms with Crippen LogP contribution in [-0.2, 0) is 4.79 Å². The third-order valence-corrected chi connectivity index (χ3v) is 7.07. The van der Waals surface area contributed by atoms with Crippen molar-refractivity contribution in [3.63, 3.8) is 0 Å². The molecule has 3 aromatic carbocycles. The highest BCUT2D eigenvalue weighted by Crippen LogP contribution is 2.49. The minimum atomic E-state index is -4.57. The number of carbonyl (C=O) groups is 2. The molecule has 1 heterocycles. The van der Waals surface area contributed by atoms with Crippen molar-refractivity contribution in [1.82, 2.24) is 10.5 Å². The molecule has 4 N–H and O–H groups in total. The lowest BCUT2D eigenvalue weighted by atomic mass is 9.89. The van der Waals surface area contributed by atoms with E-state index in [0.717, 1.165) is 5.56 Å². The van der Waals surface area contributed by atoms with E-state index in [-0.39, 0.29) is 30.0 Å². The van der Waals surface area contributed by atoms with Crippen LogP contribution in [0.5, 0.6) is 5.75 Å². The van der Waals surface area contributed by atoms with Crippen molar-refractivity contribution in [2.24, 2.45) is 0 Å². The summed E-state index contributed by atoms with van der Waals surface area (Å²) in [5, 5.41) is 8.88. The van der Waals surface area contributed by atoms with Crippen molar-refractivity contribution in [3.8, 4) is 28.0 Å². The van der Waals surface area contributed by atoms with Gasteiger partial charge in [0.05, 0.1) is 18.1 Å². The van der Waals surface area contributed by atoms with Crippen molar-refractivity contribution >= 4 is 34.3 Å². The largest absolute Gasteiger partial charge is 0.496 e. The van der Waals surface area contributed by atoms with Gasteiger partial charge < -0.3 is 25.6 Å². The van der Waals surface area contributed by atoms with Crippen LogP contribution in [0.25, 0.3) is 33.2 Å². The van der Waals surface area contributed by atoms with Crippen LogP contribution in [0.4, 0.5) is 29.1 Å². The molecular weight excluding hydrogens is 544 g/mol. The summed E-state index contributed by atoms with van der Waals surface area (Å²) in [4.78, 5) is 24.6. The lowest BCUT2D eigenvalue weighted by molar-refractivity contribution is -0.163. The highest BCUT2D eigenvalue weighted by Gasteiger charge is 2.64. The number of methoxy groups -OCH3 is 1. The molecule has 1 aliphatic rings. The molecular formula is C29H24F4N4O4. The Bertz CT molecular complexity index is 1720. The van der Waals surface area contributed by atoms with Gasteiger partial charge in [-0.1, -0.05) is 23.9 Å². The number of anilines is 2. The SMILES string of the molecule is C=C(F)C(=O)Nc1ccc(-c2ccc3onc(N)c3c2-c2ccc(C(=O)NC3(C(F)(F)F)CC3)c(OC)c2)c(C)c1. The fraction of sp³-hybridized carbons (Fsp3) is 0.207. The number of rotatable bonds is 7. The van der Waals surface area contributed by atoms with Crippen LogP contribution in [0.2, 0.25) is 0 Å². The zero-order valence-corrected chi connectivity index (χ0v) is 21.9. The second kappa shape index (κ2) is 9.95. The third-order valence-electron chi connectivity index (χ3n) is 7.07. The second-order valence-corrected chi connectivity index (χ2v) is 9.77. The highest BCUT2D eigenvalue weighted by molar-refractivity contribution is 6.08. The maximum Gasteiger partial charge on any atom is 0.411 e. The molecule has 0 unspecified atom stereocenters. The minimum Gasteiger partial charge on any atom is -0.496 e. The fourth-order valence-corrected chi connectivity index (χ4v) is 4.75. The molecule has 8 nitrogen and oxygen atoms in total. The first-order chi connectivity index (χ1) is 19.3. The molecule has 4 aromatic rings. The van der Waals surface area contributed by atoms with Crippen molar-refractivity contribution < 1.29 is 36.4 Å². The number of ether oxygens (including phenoxy) is 1. The smallest absolute Gasteiger partial charge is 0.411 e. The fourth-order valence-electron chi connectivity index (χ4n) is 4.75. The third kappa shape index (κ3) is 4.96. The predicted molar refractivity (Wildman–Crippen MR) is 145 cm³/mol. The Hall–Kier alpha value is -4.87. The first-order valence-electron chi connectivity index (χ1n) is 12.4. The molecule has 1 aliphatic carbocycles. The van der Waals surface area contributed by atoms with Crippen LogP contribution in [0.1, 0.15) is 28.8 Å². The Morgan fingerprint density at radius 1 is 1.10 bits per heavy atom. The molecule has 0 spiro atoms. The Labute approximate surface area is 231 Å². The first-order valence-corrected chi connectivity index (χ1v) is 12.4. The number of nitrogen functional groups attached to an aromatic ring is 1. The van der Waals surface area contributed by atoms with Gasteiger partial charge in [0.1, 0.15) is 11.3 Å². The molecule has 5 rings (SSSR count). The standard InChI is InChI=1S/C29H24F4N4O4/c1-14-12-17(35-26(38)15(2)30)5-7-18(14)19-8-9-21-24(25(34)37-41-21)23(19)16-4-6-20(22(13-16)40-3)27(39)36-28(10-11-28)29(31,32)33/h4-9,12-13H,2,10-11H2,1,3H3,(H2,34,37)(H,35,38)(H,36,39). The predicted octanol–water partition coefficient (Wildman–Crippen LogP) is 6.31. The second-order valence-electron chi connectivity index (χ2n) is 9.77. The van der Waals surface area contributed by atoms with E-state index in [1.165, 1.54) is 19.2 Å². The lowest BCUT2D eigenvalue weighted by Crippen LogP contribution is -2.47. The molecule has 1 fully saturated rings. The molecule has 0 saturated heterocycles. The van der Waals surface area contributed by atoms with Gasteiger partial charge in [0, 0.05) is 11.3 Å². The number of hydrogen-bond acceptors (Lipinski definition) is 6. The van der Waals surface area contributed by atoms with E-state index >= 15 is 0 Å². The van der Waals surface area contributed by atoms with Gasteiger partial charge in [-0.3, -0.25) is 9.59 Å². The number of nitrogens with zero attached hydrogens (tertiary/aromatic N) is 1. The molecule has 0 bridgehead atoms. The molecule has 0 aliphatic heterocycles. The van der Waals surface area contributed by atoms with Crippen molar-refractivity contribution in [2.45, 2.75) is 31.5 Å². The number of alkyl halides is 3. The molecule has 1 aromatic heterocycles. The zero-order valence-electron chi connectivity index (χ0n) is 21.9. The van der Waals surface area contributed by atoms with Crippen LogP contribution in [0, 0.1) is 6.92 Å². The summed E-state index contributed by atoms with van der Waals surface area (Å²) in [7, 11) is 1.31. The number of benzene rings is 3. The van der Waals surface area contributed by atoms with Gasteiger partial charge in [-0.15, -0.1) is 0 Å². The van der Waals surface area contributed by atoms with Gasteiger partial charge in [-0.05, 0) is 78.4 Å². The molecule has 212 valence electrons. The summed E-state index contributed by atoms with van der Waals surface area (Å²) in [5.41, 5.74) is 7.81. The van der Waals surface area contributed by atoms with E-state index in [1.807, 2.05) is 0 Å². The van der Waals surface area contributed by atoms with Gasteiger partial charge in [-0.2, -0.15) is 13.2 Å². The summed E-state index contributed by atoms with van der Waals surface area (Å²) in [6, 6.07) is 12.9. The quantitative estimate of drug-likeness (QED) is 0.178. The number of amides is 2. The molecule has 0 radical (unpaired) electrons. The summed E-state index contributed by atoms with van der Waals surface area (Å²) in [5.74, 6) is -2.84. The van der Waals surface area contributed by atoms with Crippen LogP contribution in [0.3, 0.4) is 0 Å². The average molecular weight is 569 g/mol. The summed E-state index contributed by atoms with van der Waals surface area (Å²) < 4.78 is 64.3. The number of carbonyl (C=O) groups excluding carboxylic acids is 2. The van der Waals surface area contributed by atoms with Crippen molar-refractivity contribution in [3.05, 3.63) is 72.1 Å². The number of aromatic nitrogens is 1. The Kier molecular flexibility index (Phi) is 6.72. The average Bonchev–Trinajstić information content (AvgIpc) is 3.63. The Morgan fingerprint density at radius 2 is 1.80 bits per heavy atom. The van der Waals surface area contributed by atoms with Gasteiger partial charge in [0.25, 0.3) is 11.8 Å². The number of aryl methyl sites for hydroxylation is 1. The maximum atomic E-state index is 13.4. The van der Waals surface area contributed by atoms with E-state index < -0.39 is 29.4 Å². The summed E-state index contributed by atoms with van der Waals surface area (Å²) in [6.07, 6.45) is -4.95. The number of nitrogens with one attached hydrogen (secondary N) is 2. The van der Waals surface area contributed by atoms with Crippen molar-refractivity contribution in [1.29, 1.82) is 0 Å². The van der Waals surface area contributed by atoms with Gasteiger partial charge in [0.2, 0.25) is 0 Å². The highest BCUT2D eigenvalue weighted by atomic mass is 19.4. The monoisotopic (exact) mass is 568 g/mol. The molecule has 0 atom stereocenters. The van der Waals surface area contributed by atoms with E-state index in [4.69, 9.17) is 15.0 Å². The topological polar surface area (TPSA) is 119 Å². The van der Waals surface area contributed by atoms with Gasteiger partial charge >= 0.3 is 6.18 Å². The number of fused-ring (bicyclic) bond motifs is 1. The normalized spacial score (nSPS) is 14.0. The van der Waals surface area contributed by atoms with Crippen LogP contribution < -0.4 is 21.1 Å². The van der Waals surface area contributed by atoms with E-state index in [1.54, 1.807) is 43.3 Å². The van der Waals surface area contributed by atoms with Gasteiger partial charge in [0.15, 0.2) is 17.2 Å². The number of hydrogen-bond donors (Lipinski definition) is 3. The zero-order chi connectivity index (χ0) is 29.7. The van der Waals surface area contributed by atoms with E-state index in [2.05, 4.69) is 22.4 Å². The molecule has 2 amide bonds. The number of halogens is 4. The maximum absolute atomic E-state index is 13.4. The van der Waals surface area contributed by atoms with Crippen LogP contribution in [0.15, 0.2) is 65.5 Å².